The summed E-state index contributed by atoms with van der Waals surface area (Å²) >= 11 is 0. The molecule has 8 nitrogen and oxygen atoms in total. The van der Waals surface area contributed by atoms with Crippen molar-refractivity contribution < 1.29 is 29.5 Å². The van der Waals surface area contributed by atoms with Crippen molar-refractivity contribution in [1.29, 1.82) is 0 Å². The van der Waals surface area contributed by atoms with Gasteiger partial charge in [-0.05, 0) is 45.9 Å². The predicted octanol–water partition coefficient (Wildman–Crippen LogP) is 7.75. The van der Waals surface area contributed by atoms with Gasteiger partial charge in [-0.3, -0.25) is 9.59 Å². The highest BCUT2D eigenvalue weighted by Crippen LogP contribution is 2.42. The van der Waals surface area contributed by atoms with Crippen molar-refractivity contribution in [3.8, 4) is 11.5 Å². The normalized spacial score (nSPS) is 12.2. The Morgan fingerprint density at radius 3 is 0.875 bits per heavy atom. The molecule has 0 fully saturated rings. The lowest BCUT2D eigenvalue weighted by atomic mass is 9.79. The van der Waals surface area contributed by atoms with Crippen LogP contribution in [-0.2, 0) is 40.9 Å². The molecule has 40 heavy (non-hydrogen) atoms. The first-order valence-corrected chi connectivity index (χ1v) is 13.5. The van der Waals surface area contributed by atoms with E-state index in [0.717, 1.165) is 22.3 Å². The molecule has 0 spiro atoms. The molecule has 0 saturated carbocycles. The number of hydrogen-bond donors (Lipinski definition) is 4. The molecule has 0 aliphatic carbocycles. The highest BCUT2D eigenvalue weighted by Gasteiger charge is 2.28. The third-order valence-electron chi connectivity index (χ3n) is 6.08. The number of carbonyl (C=O) groups is 2. The first-order chi connectivity index (χ1) is 17.9. The molecule has 0 amide bonds. The average Bonchev–Trinajstić information content (AvgIpc) is 2.74. The Balaban J connectivity index is 0.000000400. The maximum absolute atomic E-state index is 10.9. The zero-order valence-corrected chi connectivity index (χ0v) is 26.8. The van der Waals surface area contributed by atoms with E-state index in [9.17, 15) is 19.8 Å². The van der Waals surface area contributed by atoms with Crippen LogP contribution in [0.15, 0.2) is 24.3 Å². The van der Waals surface area contributed by atoms with Gasteiger partial charge in [-0.25, -0.2) is 11.0 Å². The standard InChI is InChI=1S/2C16H25NO3/c2*1-10(18)20-17-11-8-12(15(2,3)4)14(19)13(9-11)16(5,6)7/h2*8-9,17,19H,1-7H3. The van der Waals surface area contributed by atoms with E-state index >= 15 is 0 Å². The number of hydrogen-bond acceptors (Lipinski definition) is 8. The topological polar surface area (TPSA) is 117 Å². The minimum atomic E-state index is -0.410. The molecule has 8 heteroatoms. The van der Waals surface area contributed by atoms with Crippen molar-refractivity contribution >= 4 is 23.3 Å². The second-order valence-electron chi connectivity index (χ2n) is 14.2. The van der Waals surface area contributed by atoms with Crippen molar-refractivity contribution in [2.45, 2.75) is 119 Å². The molecule has 0 heterocycles. The summed E-state index contributed by atoms with van der Waals surface area (Å²) in [6.45, 7) is 27.1. The molecule has 0 radical (unpaired) electrons. The van der Waals surface area contributed by atoms with Gasteiger partial charge in [0.2, 0.25) is 0 Å². The maximum atomic E-state index is 10.9. The minimum absolute atomic E-state index is 0.210. The summed E-state index contributed by atoms with van der Waals surface area (Å²) in [5.74, 6) is -0.211. The van der Waals surface area contributed by atoms with Crippen LogP contribution in [0.1, 0.15) is 119 Å². The van der Waals surface area contributed by atoms with Crippen LogP contribution in [0.5, 0.6) is 11.5 Å². The molecular formula is C32H50N2O6. The van der Waals surface area contributed by atoms with Crippen LogP contribution < -0.4 is 11.0 Å². The summed E-state index contributed by atoms with van der Waals surface area (Å²) in [7, 11) is 0. The number of phenolic OH excluding ortho intramolecular Hbond substituents is 2. The number of anilines is 2. The summed E-state index contributed by atoms with van der Waals surface area (Å²) < 4.78 is 0. The molecule has 4 N–H and O–H groups in total. The van der Waals surface area contributed by atoms with Gasteiger partial charge < -0.3 is 19.9 Å². The fraction of sp³-hybridized carbons (Fsp3) is 0.562. The Morgan fingerprint density at radius 1 is 0.525 bits per heavy atom. The summed E-state index contributed by atoms with van der Waals surface area (Å²) in [4.78, 5) is 31.5. The number of benzene rings is 2. The van der Waals surface area contributed by atoms with E-state index in [1.54, 1.807) is 0 Å². The van der Waals surface area contributed by atoms with Crippen LogP contribution in [0.4, 0.5) is 11.4 Å². The Hall–Kier alpha value is -3.42. The van der Waals surface area contributed by atoms with Gasteiger partial charge in [0.1, 0.15) is 11.5 Å². The largest absolute Gasteiger partial charge is 0.507 e. The lowest BCUT2D eigenvalue weighted by molar-refractivity contribution is -0.138. The highest BCUT2D eigenvalue weighted by molar-refractivity contribution is 5.68. The Kier molecular flexibility index (Phi) is 10.7. The van der Waals surface area contributed by atoms with Gasteiger partial charge in [-0.2, -0.15) is 0 Å². The molecule has 2 rings (SSSR count). The zero-order valence-electron chi connectivity index (χ0n) is 26.8. The molecule has 2 aromatic rings. The maximum Gasteiger partial charge on any atom is 0.329 e. The molecule has 2 aromatic carbocycles. The lowest BCUT2D eigenvalue weighted by Crippen LogP contribution is -2.18. The molecule has 224 valence electrons. The molecule has 0 aliphatic rings. The van der Waals surface area contributed by atoms with Gasteiger partial charge in [0.25, 0.3) is 0 Å². The van der Waals surface area contributed by atoms with Crippen molar-refractivity contribution in [2.75, 3.05) is 11.0 Å². The second-order valence-corrected chi connectivity index (χ2v) is 14.2. The number of aromatic hydroxyl groups is 2. The summed E-state index contributed by atoms with van der Waals surface area (Å²) in [5.41, 5.74) is 9.03. The molecule has 0 aliphatic heterocycles. The fourth-order valence-electron chi connectivity index (χ4n) is 3.94. The highest BCUT2D eigenvalue weighted by atomic mass is 16.7. The first kappa shape index (κ1) is 34.6. The quantitative estimate of drug-likeness (QED) is 0.222. The van der Waals surface area contributed by atoms with Gasteiger partial charge in [-0.1, -0.05) is 83.1 Å². The van der Waals surface area contributed by atoms with Gasteiger partial charge in [0.15, 0.2) is 0 Å². The van der Waals surface area contributed by atoms with Crippen LogP contribution in [0, 0.1) is 0 Å². The van der Waals surface area contributed by atoms with Crippen molar-refractivity contribution in [3.05, 3.63) is 46.5 Å². The van der Waals surface area contributed by atoms with Gasteiger partial charge >= 0.3 is 11.9 Å². The number of phenols is 2. The lowest BCUT2D eigenvalue weighted by Gasteiger charge is -2.28. The van der Waals surface area contributed by atoms with Crippen molar-refractivity contribution in [3.63, 3.8) is 0 Å². The summed E-state index contributed by atoms with van der Waals surface area (Å²) in [6, 6.07) is 7.25. The van der Waals surface area contributed by atoms with Crippen LogP contribution >= 0.6 is 0 Å². The number of carbonyl (C=O) groups excluding carboxylic acids is 2. The predicted molar refractivity (Wildman–Crippen MR) is 162 cm³/mol. The van der Waals surface area contributed by atoms with Crippen LogP contribution in [-0.4, -0.2) is 22.2 Å². The Morgan fingerprint density at radius 2 is 0.725 bits per heavy atom. The van der Waals surface area contributed by atoms with Gasteiger partial charge in [-0.15, -0.1) is 0 Å². The van der Waals surface area contributed by atoms with E-state index in [-0.39, 0.29) is 21.7 Å². The first-order valence-electron chi connectivity index (χ1n) is 13.5. The molecule has 0 atom stereocenters. The van der Waals surface area contributed by atoms with E-state index in [1.165, 1.54) is 13.8 Å². The number of rotatable bonds is 4. The van der Waals surface area contributed by atoms with Crippen molar-refractivity contribution in [1.82, 2.24) is 0 Å². The third-order valence-corrected chi connectivity index (χ3v) is 6.08. The van der Waals surface area contributed by atoms with E-state index in [4.69, 9.17) is 9.68 Å². The van der Waals surface area contributed by atoms with Crippen LogP contribution in [0.25, 0.3) is 0 Å². The molecule has 0 aromatic heterocycles. The Bertz CT molecular complexity index is 1040. The third kappa shape index (κ3) is 9.96. The summed E-state index contributed by atoms with van der Waals surface area (Å²) in [5, 5.41) is 21.1. The van der Waals surface area contributed by atoms with Crippen molar-refractivity contribution in [2.24, 2.45) is 0 Å². The minimum Gasteiger partial charge on any atom is -0.507 e. The fourth-order valence-corrected chi connectivity index (χ4v) is 3.94. The monoisotopic (exact) mass is 558 g/mol. The van der Waals surface area contributed by atoms with Crippen LogP contribution in [0.2, 0.25) is 0 Å². The van der Waals surface area contributed by atoms with E-state index in [1.807, 2.05) is 107 Å². The van der Waals surface area contributed by atoms with Crippen LogP contribution in [0.3, 0.4) is 0 Å². The van der Waals surface area contributed by atoms with Gasteiger partial charge in [0.05, 0.1) is 11.4 Å². The molecular weight excluding hydrogens is 508 g/mol. The van der Waals surface area contributed by atoms with Gasteiger partial charge in [0, 0.05) is 36.1 Å². The smallest absolute Gasteiger partial charge is 0.329 e. The SMILES string of the molecule is CC(=O)ONc1cc(C(C)(C)C)c(O)c(C(C)(C)C)c1.CC(=O)ONc1cc(C(C)(C)C)c(O)c(C(C)(C)C)c1. The van der Waals surface area contributed by atoms with E-state index in [0.29, 0.717) is 22.9 Å². The number of nitrogens with one attached hydrogen (secondary N) is 2. The molecule has 0 bridgehead atoms. The van der Waals surface area contributed by atoms with E-state index in [2.05, 4.69) is 11.0 Å². The van der Waals surface area contributed by atoms with E-state index < -0.39 is 11.9 Å². The molecule has 0 unspecified atom stereocenters. The second kappa shape index (κ2) is 12.4. The molecule has 0 saturated heterocycles. The summed E-state index contributed by atoms with van der Waals surface area (Å²) in [6.07, 6.45) is 0. The average molecular weight is 559 g/mol. The zero-order chi connectivity index (χ0) is 31.4. The Labute approximate surface area is 240 Å².